The molecule has 0 unspecified atom stereocenters. The molecule has 4 fully saturated rings. The number of aliphatic hydroxyl groups is 1. The molecule has 2 heterocycles. The van der Waals surface area contributed by atoms with Crippen LogP contribution in [0.3, 0.4) is 0 Å². The highest BCUT2D eigenvalue weighted by molar-refractivity contribution is 5.87. The van der Waals surface area contributed by atoms with Gasteiger partial charge in [0.2, 0.25) is 0 Å². The topological polar surface area (TPSA) is 122 Å². The lowest BCUT2D eigenvalue weighted by Gasteiger charge is -2.70. The predicted octanol–water partition coefficient (Wildman–Crippen LogP) is 5.27. The van der Waals surface area contributed by atoms with Gasteiger partial charge in [0.25, 0.3) is 0 Å². The summed E-state index contributed by atoms with van der Waals surface area (Å²) in [6.07, 6.45) is 5.61. The monoisotopic (exact) mass is 610 g/mol. The maximum atomic E-state index is 13.4. The number of furan rings is 1. The van der Waals surface area contributed by atoms with Gasteiger partial charge in [0.05, 0.1) is 31.3 Å². The van der Waals surface area contributed by atoms with Crippen LogP contribution in [0.1, 0.15) is 86.1 Å². The molecule has 9 heteroatoms. The Morgan fingerprint density at radius 3 is 2.25 bits per heavy atom. The van der Waals surface area contributed by atoms with Gasteiger partial charge in [-0.1, -0.05) is 45.4 Å². The molecule has 1 aromatic rings. The van der Waals surface area contributed by atoms with E-state index < -0.39 is 64.1 Å². The van der Waals surface area contributed by atoms with Crippen LogP contribution in [-0.4, -0.2) is 60.1 Å². The van der Waals surface area contributed by atoms with Gasteiger partial charge in [-0.25, -0.2) is 4.79 Å². The number of fused-ring (bicyclic) bond motifs is 4. The number of ether oxygens (including phenoxy) is 4. The lowest BCUT2D eigenvalue weighted by molar-refractivity contribution is -0.270. The zero-order chi connectivity index (χ0) is 32.0. The molecule has 44 heavy (non-hydrogen) atoms. The lowest BCUT2D eigenvalue weighted by atomic mass is 9.36. The number of allylic oxidation sites excluding steroid dienone is 2. The van der Waals surface area contributed by atoms with Crippen molar-refractivity contribution < 1.29 is 42.9 Å². The average Bonchev–Trinajstić information content (AvgIpc) is 3.69. The van der Waals surface area contributed by atoms with Crippen LogP contribution in [-0.2, 0) is 33.3 Å². The number of esters is 3. The molecule has 1 N–H and O–H groups in total. The molecule has 0 bridgehead atoms. The van der Waals surface area contributed by atoms with Gasteiger partial charge >= 0.3 is 17.9 Å². The summed E-state index contributed by atoms with van der Waals surface area (Å²) in [6.45, 7) is 15.1. The molecule has 3 saturated carbocycles. The number of hydrogen-bond acceptors (Lipinski definition) is 9. The van der Waals surface area contributed by atoms with E-state index in [9.17, 15) is 19.5 Å². The van der Waals surface area contributed by atoms with Crippen molar-refractivity contribution in [3.05, 3.63) is 47.5 Å². The van der Waals surface area contributed by atoms with Crippen LogP contribution in [0, 0.1) is 33.5 Å². The second-order valence-corrected chi connectivity index (χ2v) is 14.7. The van der Waals surface area contributed by atoms with Crippen molar-refractivity contribution >= 4 is 17.9 Å². The summed E-state index contributed by atoms with van der Waals surface area (Å²) >= 11 is 0. The van der Waals surface area contributed by atoms with E-state index in [0.29, 0.717) is 31.4 Å². The number of hydrogen-bond donors (Lipinski definition) is 1. The minimum Gasteiger partial charge on any atom is -0.472 e. The van der Waals surface area contributed by atoms with Crippen LogP contribution in [0.25, 0.3) is 0 Å². The van der Waals surface area contributed by atoms with E-state index in [2.05, 4.69) is 33.8 Å². The first-order chi connectivity index (χ1) is 20.6. The zero-order valence-corrected chi connectivity index (χ0v) is 27.0. The van der Waals surface area contributed by atoms with Gasteiger partial charge in [0, 0.05) is 59.3 Å². The average molecular weight is 611 g/mol. The van der Waals surface area contributed by atoms with Gasteiger partial charge in [0.15, 0.2) is 0 Å². The Kier molecular flexibility index (Phi) is 7.28. The summed E-state index contributed by atoms with van der Waals surface area (Å²) < 4.78 is 30.6. The van der Waals surface area contributed by atoms with Crippen molar-refractivity contribution in [3.63, 3.8) is 0 Å². The number of aliphatic hydroxyl groups excluding tert-OH is 1. The highest BCUT2D eigenvalue weighted by Gasteiger charge is 2.78. The molecular weight excluding hydrogens is 564 g/mol. The minimum atomic E-state index is -0.899. The molecule has 12 atom stereocenters. The first-order valence-corrected chi connectivity index (χ1v) is 15.9. The standard InChI is InChI=1S/C35H46O9/c1-9-18(2)31(39)44-27-15-25(42-19(3)36)32(5)17-41-28-29(32)35(27,8)24-14-26(43-20(4)37)33(6)22(21-12-13-40-16-21)10-11-23(33)34(24,7)30(28)38/h9,11-13,16,22,24-30,38H,10,14-15,17H2,1-8H3/b18-9+/t22-,24-,25+,26-,27-,28+,29-,30+,32+,33-,34-,35-/m0/s1. The van der Waals surface area contributed by atoms with Crippen LogP contribution in [0.4, 0.5) is 0 Å². The zero-order valence-electron chi connectivity index (χ0n) is 27.0. The minimum absolute atomic E-state index is 0.0171. The summed E-state index contributed by atoms with van der Waals surface area (Å²) in [5.74, 6) is -1.79. The van der Waals surface area contributed by atoms with Crippen LogP contribution >= 0.6 is 0 Å². The van der Waals surface area contributed by atoms with E-state index in [0.717, 1.165) is 11.1 Å². The van der Waals surface area contributed by atoms with E-state index in [4.69, 9.17) is 23.4 Å². The van der Waals surface area contributed by atoms with E-state index >= 15 is 0 Å². The third-order valence-corrected chi connectivity index (χ3v) is 12.7. The quantitative estimate of drug-likeness (QED) is 0.206. The third kappa shape index (κ3) is 4.00. The highest BCUT2D eigenvalue weighted by Crippen LogP contribution is 2.75. The Morgan fingerprint density at radius 1 is 0.955 bits per heavy atom. The number of carbonyl (C=O) groups is 3. The van der Waals surface area contributed by atoms with Gasteiger partial charge in [-0.3, -0.25) is 9.59 Å². The summed E-state index contributed by atoms with van der Waals surface area (Å²) in [6, 6.07) is 1.96. The molecular formula is C35H46O9. The van der Waals surface area contributed by atoms with Crippen molar-refractivity contribution in [2.45, 2.75) is 111 Å². The summed E-state index contributed by atoms with van der Waals surface area (Å²) in [5.41, 5.74) is -0.215. The predicted molar refractivity (Wildman–Crippen MR) is 159 cm³/mol. The third-order valence-electron chi connectivity index (χ3n) is 12.7. The first kappa shape index (κ1) is 31.1. The molecule has 0 amide bonds. The van der Waals surface area contributed by atoms with E-state index in [1.54, 1.807) is 32.4 Å². The maximum absolute atomic E-state index is 13.4. The van der Waals surface area contributed by atoms with Crippen molar-refractivity contribution in [2.24, 2.45) is 33.5 Å². The van der Waals surface area contributed by atoms with Crippen LogP contribution in [0.2, 0.25) is 0 Å². The van der Waals surface area contributed by atoms with E-state index in [-0.39, 0.29) is 23.7 Å². The summed E-state index contributed by atoms with van der Waals surface area (Å²) in [7, 11) is 0. The van der Waals surface area contributed by atoms with Gasteiger partial charge in [0.1, 0.15) is 18.3 Å². The molecule has 1 aromatic heterocycles. The Bertz CT molecular complexity index is 1410. The van der Waals surface area contributed by atoms with Gasteiger partial charge < -0.3 is 28.5 Å². The second-order valence-electron chi connectivity index (χ2n) is 14.7. The summed E-state index contributed by atoms with van der Waals surface area (Å²) in [4.78, 5) is 38.4. The normalized spacial score (nSPS) is 45.8. The van der Waals surface area contributed by atoms with Crippen molar-refractivity contribution in [2.75, 3.05) is 6.61 Å². The number of rotatable bonds is 5. The fraction of sp³-hybridized carbons (Fsp3) is 0.686. The molecule has 240 valence electrons. The van der Waals surface area contributed by atoms with Gasteiger partial charge in [-0.2, -0.15) is 0 Å². The maximum Gasteiger partial charge on any atom is 0.333 e. The lowest BCUT2D eigenvalue weighted by Crippen LogP contribution is -2.74. The SMILES string of the molecule is C/C=C(\C)C(=O)O[C@H]1C[C@@H](OC(C)=O)[C@@]2(C)CO[C@H]3[C@@H](O)[C@@]4(C)C5=CC[C@@H](c6ccoc6)[C@]5(C)[C@@H](OC(C)=O)C[C@@H]4[C@]1(C)[C@@H]32. The Balaban J connectivity index is 1.54. The molecule has 4 aliphatic carbocycles. The van der Waals surface area contributed by atoms with E-state index in [1.807, 2.05) is 6.07 Å². The van der Waals surface area contributed by atoms with Gasteiger partial charge in [-0.05, 0) is 44.2 Å². The fourth-order valence-electron chi connectivity index (χ4n) is 10.6. The van der Waals surface area contributed by atoms with Crippen molar-refractivity contribution in [3.8, 4) is 0 Å². The Labute approximate surface area is 259 Å². The van der Waals surface area contributed by atoms with Crippen LogP contribution in [0.15, 0.2) is 46.3 Å². The smallest absolute Gasteiger partial charge is 0.333 e. The van der Waals surface area contributed by atoms with Crippen LogP contribution in [0.5, 0.6) is 0 Å². The van der Waals surface area contributed by atoms with Crippen molar-refractivity contribution in [1.82, 2.24) is 0 Å². The molecule has 1 aliphatic heterocycles. The van der Waals surface area contributed by atoms with E-state index in [1.165, 1.54) is 13.8 Å². The molecule has 6 rings (SSSR count). The summed E-state index contributed by atoms with van der Waals surface area (Å²) in [5, 5.41) is 12.5. The molecule has 9 nitrogen and oxygen atoms in total. The largest absolute Gasteiger partial charge is 0.472 e. The Morgan fingerprint density at radius 2 is 1.64 bits per heavy atom. The molecule has 1 saturated heterocycles. The molecule has 5 aliphatic rings. The fourth-order valence-corrected chi connectivity index (χ4v) is 10.6. The number of carbonyl (C=O) groups excluding carboxylic acids is 3. The second kappa shape index (κ2) is 10.3. The molecule has 0 radical (unpaired) electrons. The van der Waals surface area contributed by atoms with Crippen LogP contribution < -0.4 is 0 Å². The first-order valence-electron chi connectivity index (χ1n) is 15.9. The van der Waals surface area contributed by atoms with Crippen molar-refractivity contribution in [1.29, 1.82) is 0 Å². The Hall–Kier alpha value is -2.91. The highest BCUT2D eigenvalue weighted by atomic mass is 16.6. The molecule has 0 aromatic carbocycles. The van der Waals surface area contributed by atoms with Gasteiger partial charge in [-0.15, -0.1) is 0 Å². The molecule has 0 spiro atoms.